The molecule has 0 radical (unpaired) electrons. The van der Waals surface area contributed by atoms with E-state index in [-0.39, 0.29) is 11.7 Å². The molecule has 0 aliphatic carbocycles. The highest BCUT2D eigenvalue weighted by molar-refractivity contribution is 5.70. The Morgan fingerprint density at radius 3 is 2.74 bits per heavy atom. The molecule has 5 heteroatoms. The topological polar surface area (TPSA) is 75.3 Å². The highest BCUT2D eigenvalue weighted by Gasteiger charge is 2.25. The van der Waals surface area contributed by atoms with Gasteiger partial charge in [-0.2, -0.15) is 0 Å². The fourth-order valence-electron chi connectivity index (χ4n) is 2.42. The van der Waals surface area contributed by atoms with Crippen LogP contribution in [-0.2, 0) is 17.8 Å². The minimum absolute atomic E-state index is 0.221. The van der Waals surface area contributed by atoms with Gasteiger partial charge in [0.05, 0.1) is 11.6 Å². The van der Waals surface area contributed by atoms with E-state index in [4.69, 9.17) is 5.11 Å². The number of rotatable bonds is 2. The molecule has 1 aliphatic rings. The van der Waals surface area contributed by atoms with Crippen molar-refractivity contribution in [3.63, 3.8) is 0 Å². The second-order valence-corrected chi connectivity index (χ2v) is 4.82. The molecule has 1 atom stereocenters. The van der Waals surface area contributed by atoms with Gasteiger partial charge in [-0.15, -0.1) is 0 Å². The van der Waals surface area contributed by atoms with Crippen LogP contribution in [0.1, 0.15) is 12.2 Å². The summed E-state index contributed by atoms with van der Waals surface area (Å²) in [6, 6.07) is 6.85. The summed E-state index contributed by atoms with van der Waals surface area (Å²) < 4.78 is 1.92. The zero-order chi connectivity index (χ0) is 13.4. The monoisotopic (exact) mass is 258 g/mol. The summed E-state index contributed by atoms with van der Waals surface area (Å²) in [5.41, 5.74) is 1.74. The van der Waals surface area contributed by atoms with Crippen LogP contribution in [0.25, 0.3) is 11.3 Å². The fraction of sp³-hybridized carbons (Fsp3) is 0.286. The molecule has 3 rings (SSSR count). The zero-order valence-corrected chi connectivity index (χ0v) is 10.3. The summed E-state index contributed by atoms with van der Waals surface area (Å²) in [5.74, 6) is 0.0825. The number of aryl methyl sites for hydroxylation is 1. The number of nitrogens with zero attached hydrogens (tertiary/aromatic N) is 2. The molecule has 0 bridgehead atoms. The first-order valence-corrected chi connectivity index (χ1v) is 6.22. The quantitative estimate of drug-likeness (QED) is 0.862. The van der Waals surface area contributed by atoms with Crippen molar-refractivity contribution < 1.29 is 15.0 Å². The van der Waals surface area contributed by atoms with Gasteiger partial charge in [0.25, 0.3) is 0 Å². The number of carboxylic acids is 1. The maximum absolute atomic E-state index is 11.0. The molecule has 2 aromatic rings. The number of phenolic OH excluding ortho intramolecular Hbond substituents is 1. The average Bonchev–Trinajstić information content (AvgIpc) is 2.82. The summed E-state index contributed by atoms with van der Waals surface area (Å²) in [6.07, 6.45) is 3.22. The van der Waals surface area contributed by atoms with E-state index in [2.05, 4.69) is 4.98 Å². The first kappa shape index (κ1) is 11.8. The number of carbonyl (C=O) groups is 1. The molecule has 0 fully saturated rings. The third-order valence-corrected chi connectivity index (χ3v) is 3.50. The van der Waals surface area contributed by atoms with Crippen molar-refractivity contribution in [3.05, 3.63) is 36.3 Å². The lowest BCUT2D eigenvalue weighted by molar-refractivity contribution is -0.142. The number of aromatic nitrogens is 2. The molecule has 1 unspecified atom stereocenters. The molecule has 19 heavy (non-hydrogen) atoms. The first-order valence-electron chi connectivity index (χ1n) is 6.22. The van der Waals surface area contributed by atoms with Crippen LogP contribution in [0.3, 0.4) is 0 Å². The maximum atomic E-state index is 11.0. The Labute approximate surface area is 110 Å². The fourth-order valence-corrected chi connectivity index (χ4v) is 2.42. The molecular weight excluding hydrogens is 244 g/mol. The average molecular weight is 258 g/mol. The molecule has 1 aromatic heterocycles. The molecule has 1 aliphatic heterocycles. The number of hydrogen-bond acceptors (Lipinski definition) is 3. The Bertz CT molecular complexity index is 616. The van der Waals surface area contributed by atoms with E-state index in [1.165, 1.54) is 0 Å². The van der Waals surface area contributed by atoms with Crippen molar-refractivity contribution in [2.75, 3.05) is 0 Å². The molecule has 98 valence electrons. The van der Waals surface area contributed by atoms with Crippen LogP contribution in [0.5, 0.6) is 5.75 Å². The normalized spacial score (nSPS) is 18.0. The van der Waals surface area contributed by atoms with E-state index in [0.717, 1.165) is 17.1 Å². The van der Waals surface area contributed by atoms with Gasteiger partial charge in [-0.25, -0.2) is 4.98 Å². The van der Waals surface area contributed by atoms with Crippen molar-refractivity contribution in [2.45, 2.75) is 19.4 Å². The van der Waals surface area contributed by atoms with Gasteiger partial charge >= 0.3 is 5.97 Å². The summed E-state index contributed by atoms with van der Waals surface area (Å²) >= 11 is 0. The molecule has 0 saturated carbocycles. The molecule has 2 N–H and O–H groups in total. The lowest BCUT2D eigenvalue weighted by Gasteiger charge is -2.19. The van der Waals surface area contributed by atoms with Crippen LogP contribution in [-0.4, -0.2) is 25.7 Å². The van der Waals surface area contributed by atoms with Gasteiger partial charge in [0, 0.05) is 24.7 Å². The molecular formula is C14H14N2O3. The van der Waals surface area contributed by atoms with Gasteiger partial charge in [-0.3, -0.25) is 4.79 Å². The molecule has 0 saturated heterocycles. The largest absolute Gasteiger partial charge is 0.508 e. The number of phenols is 1. The van der Waals surface area contributed by atoms with Crippen molar-refractivity contribution in [1.29, 1.82) is 0 Å². The van der Waals surface area contributed by atoms with E-state index in [0.29, 0.717) is 19.4 Å². The SMILES string of the molecule is O=C(O)C1CCc2nc(-c3ccc(O)cc3)cn2C1. The first-order chi connectivity index (χ1) is 9.13. The van der Waals surface area contributed by atoms with Crippen LogP contribution in [0.4, 0.5) is 0 Å². The number of aromatic hydroxyl groups is 1. The van der Waals surface area contributed by atoms with Crippen LogP contribution in [0.15, 0.2) is 30.5 Å². The van der Waals surface area contributed by atoms with Crippen LogP contribution in [0, 0.1) is 5.92 Å². The van der Waals surface area contributed by atoms with E-state index in [1.54, 1.807) is 24.3 Å². The second kappa shape index (κ2) is 4.42. The van der Waals surface area contributed by atoms with Gasteiger partial charge in [0.15, 0.2) is 0 Å². The number of imidazole rings is 1. The number of fused-ring (bicyclic) bond motifs is 1. The Balaban J connectivity index is 1.91. The summed E-state index contributed by atoms with van der Waals surface area (Å²) in [7, 11) is 0. The van der Waals surface area contributed by atoms with Gasteiger partial charge in [0.2, 0.25) is 0 Å². The third kappa shape index (κ3) is 2.19. The lowest BCUT2D eigenvalue weighted by atomic mass is 10.00. The number of carboxylic acid groups (broad SMARTS) is 1. The van der Waals surface area contributed by atoms with Crippen LogP contribution in [0.2, 0.25) is 0 Å². The molecule has 0 amide bonds. The Morgan fingerprint density at radius 2 is 2.05 bits per heavy atom. The van der Waals surface area contributed by atoms with Gasteiger partial charge in [-0.05, 0) is 30.7 Å². The van der Waals surface area contributed by atoms with Crippen molar-refractivity contribution >= 4 is 5.97 Å². The highest BCUT2D eigenvalue weighted by atomic mass is 16.4. The zero-order valence-electron chi connectivity index (χ0n) is 10.3. The predicted octanol–water partition coefficient (Wildman–Crippen LogP) is 1.90. The minimum atomic E-state index is -0.745. The maximum Gasteiger partial charge on any atom is 0.308 e. The Morgan fingerprint density at radius 1 is 1.32 bits per heavy atom. The van der Waals surface area contributed by atoms with E-state index in [1.807, 2.05) is 10.8 Å². The minimum Gasteiger partial charge on any atom is -0.508 e. The van der Waals surface area contributed by atoms with Gasteiger partial charge in [0.1, 0.15) is 11.6 Å². The predicted molar refractivity (Wildman–Crippen MR) is 68.8 cm³/mol. The van der Waals surface area contributed by atoms with Crippen molar-refractivity contribution in [1.82, 2.24) is 9.55 Å². The number of aliphatic carboxylic acids is 1. The standard InChI is InChI=1S/C14H14N2O3/c17-11-4-1-9(2-5-11)12-8-16-7-10(14(18)19)3-6-13(16)15-12/h1-2,4-5,8,10,17H,3,6-7H2,(H,18,19). The summed E-state index contributed by atoms with van der Waals surface area (Å²) in [5, 5.41) is 18.3. The van der Waals surface area contributed by atoms with Crippen LogP contribution >= 0.6 is 0 Å². The summed E-state index contributed by atoms with van der Waals surface area (Å²) in [6.45, 7) is 0.482. The smallest absolute Gasteiger partial charge is 0.308 e. The molecule has 2 heterocycles. The van der Waals surface area contributed by atoms with Gasteiger partial charge < -0.3 is 14.8 Å². The second-order valence-electron chi connectivity index (χ2n) is 4.82. The van der Waals surface area contributed by atoms with Gasteiger partial charge in [-0.1, -0.05) is 0 Å². The number of benzene rings is 1. The lowest BCUT2D eigenvalue weighted by Crippen LogP contribution is -2.26. The highest BCUT2D eigenvalue weighted by Crippen LogP contribution is 2.26. The van der Waals surface area contributed by atoms with Crippen molar-refractivity contribution in [3.8, 4) is 17.0 Å². The molecule has 1 aromatic carbocycles. The van der Waals surface area contributed by atoms with E-state index < -0.39 is 5.97 Å². The summed E-state index contributed by atoms with van der Waals surface area (Å²) in [4.78, 5) is 15.5. The van der Waals surface area contributed by atoms with E-state index in [9.17, 15) is 9.90 Å². The molecule has 0 spiro atoms. The van der Waals surface area contributed by atoms with Crippen molar-refractivity contribution in [2.24, 2.45) is 5.92 Å². The van der Waals surface area contributed by atoms with E-state index >= 15 is 0 Å². The Hall–Kier alpha value is -2.30. The van der Waals surface area contributed by atoms with Crippen LogP contribution < -0.4 is 0 Å². The Kier molecular flexibility index (Phi) is 2.74. The molecule has 5 nitrogen and oxygen atoms in total. The number of hydrogen-bond donors (Lipinski definition) is 2. The third-order valence-electron chi connectivity index (χ3n) is 3.50.